The number of anilines is 1. The average molecular weight is 183 g/mol. The van der Waals surface area contributed by atoms with Crippen LogP contribution >= 0.6 is 0 Å². The number of rotatable bonds is 2. The van der Waals surface area contributed by atoms with Gasteiger partial charge in [-0.25, -0.2) is 4.39 Å². The van der Waals surface area contributed by atoms with Crippen LogP contribution in [-0.2, 0) is 4.74 Å². The van der Waals surface area contributed by atoms with Crippen LogP contribution in [0.4, 0.5) is 10.1 Å². The molecule has 2 rings (SSSR count). The Morgan fingerprint density at radius 1 is 1.46 bits per heavy atom. The monoisotopic (exact) mass is 183 g/mol. The average Bonchev–Trinajstić information content (AvgIpc) is 2.04. The summed E-state index contributed by atoms with van der Waals surface area (Å²) in [6.45, 7) is 1.15. The molecule has 0 spiro atoms. The summed E-state index contributed by atoms with van der Waals surface area (Å²) in [5.74, 6) is 0.0535. The second kappa shape index (κ2) is 3.22. The van der Waals surface area contributed by atoms with Crippen LogP contribution in [0.25, 0.3) is 0 Å². The number of hydrogen-bond acceptors (Lipinski definition) is 3. The van der Waals surface area contributed by atoms with Crippen LogP contribution in [0, 0.1) is 5.82 Å². The molecule has 2 N–H and O–H groups in total. The van der Waals surface area contributed by atoms with Crippen molar-refractivity contribution in [1.29, 1.82) is 0 Å². The molecular formula is C9H10FNO2. The molecule has 0 saturated carbocycles. The summed E-state index contributed by atoms with van der Waals surface area (Å²) in [6.07, 6.45) is 0.0584. The Bertz CT molecular complexity index is 312. The summed E-state index contributed by atoms with van der Waals surface area (Å²) in [5, 5.41) is 0. The van der Waals surface area contributed by atoms with E-state index in [0.717, 1.165) is 0 Å². The quantitative estimate of drug-likeness (QED) is 0.700. The molecule has 13 heavy (non-hydrogen) atoms. The first kappa shape index (κ1) is 8.31. The Kier molecular flexibility index (Phi) is 2.06. The summed E-state index contributed by atoms with van der Waals surface area (Å²) in [7, 11) is 0. The molecule has 0 atom stereocenters. The number of benzene rings is 1. The fourth-order valence-corrected chi connectivity index (χ4v) is 1.06. The minimum atomic E-state index is -0.447. The lowest BCUT2D eigenvalue weighted by Crippen LogP contribution is -2.38. The predicted octanol–water partition coefficient (Wildman–Crippen LogP) is 1.19. The molecule has 1 aliphatic rings. The van der Waals surface area contributed by atoms with Gasteiger partial charge in [0.05, 0.1) is 18.9 Å². The smallest absolute Gasteiger partial charge is 0.149 e. The number of nitrogens with two attached hydrogens (primary N) is 1. The second-order valence-electron chi connectivity index (χ2n) is 2.96. The largest absolute Gasteiger partial charge is 0.485 e. The molecule has 1 fully saturated rings. The number of hydrogen-bond donors (Lipinski definition) is 1. The minimum Gasteiger partial charge on any atom is -0.485 e. The first-order chi connectivity index (χ1) is 6.25. The first-order valence-corrected chi connectivity index (χ1v) is 4.05. The molecule has 1 saturated heterocycles. The third-order valence-electron chi connectivity index (χ3n) is 1.88. The third kappa shape index (κ3) is 1.72. The van der Waals surface area contributed by atoms with Gasteiger partial charge in [-0.2, -0.15) is 0 Å². The SMILES string of the molecule is Nc1ccc(OC2COC2)cc1F. The van der Waals surface area contributed by atoms with E-state index < -0.39 is 5.82 Å². The molecule has 0 aliphatic carbocycles. The molecule has 0 bridgehead atoms. The zero-order valence-corrected chi connectivity index (χ0v) is 7.00. The van der Waals surface area contributed by atoms with E-state index in [1.165, 1.54) is 12.1 Å². The van der Waals surface area contributed by atoms with Crippen molar-refractivity contribution in [1.82, 2.24) is 0 Å². The maximum Gasteiger partial charge on any atom is 0.149 e. The molecule has 1 heterocycles. The lowest BCUT2D eigenvalue weighted by Gasteiger charge is -2.26. The predicted molar refractivity (Wildman–Crippen MR) is 46.0 cm³/mol. The van der Waals surface area contributed by atoms with Crippen LogP contribution in [0.15, 0.2) is 18.2 Å². The van der Waals surface area contributed by atoms with Crippen LogP contribution in [0.5, 0.6) is 5.75 Å². The highest BCUT2D eigenvalue weighted by Gasteiger charge is 2.20. The Morgan fingerprint density at radius 2 is 2.23 bits per heavy atom. The van der Waals surface area contributed by atoms with Gasteiger partial charge in [-0.05, 0) is 12.1 Å². The Morgan fingerprint density at radius 3 is 2.77 bits per heavy atom. The third-order valence-corrected chi connectivity index (χ3v) is 1.88. The van der Waals surface area contributed by atoms with Gasteiger partial charge in [-0.1, -0.05) is 0 Å². The maximum absolute atomic E-state index is 12.9. The van der Waals surface area contributed by atoms with Crippen LogP contribution in [0.2, 0.25) is 0 Å². The molecule has 1 aliphatic heterocycles. The van der Waals surface area contributed by atoms with Crippen molar-refractivity contribution in [3.05, 3.63) is 24.0 Å². The number of ether oxygens (including phenoxy) is 2. The summed E-state index contributed by atoms with van der Waals surface area (Å²) in [4.78, 5) is 0. The van der Waals surface area contributed by atoms with Gasteiger partial charge >= 0.3 is 0 Å². The second-order valence-corrected chi connectivity index (χ2v) is 2.96. The highest BCUT2D eigenvalue weighted by molar-refractivity contribution is 5.43. The molecule has 1 aromatic carbocycles. The normalized spacial score (nSPS) is 16.7. The molecular weight excluding hydrogens is 173 g/mol. The van der Waals surface area contributed by atoms with E-state index in [4.69, 9.17) is 15.2 Å². The fourth-order valence-electron chi connectivity index (χ4n) is 1.06. The Labute approximate surface area is 75.3 Å². The van der Waals surface area contributed by atoms with Crippen molar-refractivity contribution in [2.45, 2.75) is 6.10 Å². The molecule has 0 unspecified atom stereocenters. The van der Waals surface area contributed by atoms with Gasteiger partial charge in [0.15, 0.2) is 0 Å². The highest BCUT2D eigenvalue weighted by atomic mass is 19.1. The standard InChI is InChI=1S/C9H10FNO2/c10-8-3-6(1-2-9(8)11)13-7-4-12-5-7/h1-3,7H,4-5,11H2. The van der Waals surface area contributed by atoms with Crippen molar-refractivity contribution in [2.24, 2.45) is 0 Å². The maximum atomic E-state index is 12.9. The first-order valence-electron chi connectivity index (χ1n) is 4.05. The van der Waals surface area contributed by atoms with Gasteiger partial charge in [0.1, 0.15) is 17.7 Å². The van der Waals surface area contributed by atoms with Crippen molar-refractivity contribution in [3.8, 4) is 5.75 Å². The molecule has 3 nitrogen and oxygen atoms in total. The lowest BCUT2D eigenvalue weighted by atomic mass is 10.2. The number of nitrogen functional groups attached to an aromatic ring is 1. The molecule has 70 valence electrons. The highest BCUT2D eigenvalue weighted by Crippen LogP contribution is 2.20. The molecule has 0 radical (unpaired) electrons. The van der Waals surface area contributed by atoms with E-state index >= 15 is 0 Å². The van der Waals surface area contributed by atoms with E-state index in [-0.39, 0.29) is 11.8 Å². The summed E-state index contributed by atoms with van der Waals surface area (Å²) in [5.41, 5.74) is 5.45. The Hall–Kier alpha value is -1.29. The van der Waals surface area contributed by atoms with Gasteiger partial charge < -0.3 is 15.2 Å². The molecule has 4 heteroatoms. The van der Waals surface area contributed by atoms with Gasteiger partial charge in [0, 0.05) is 6.07 Å². The summed E-state index contributed by atoms with van der Waals surface area (Å²) in [6, 6.07) is 4.43. The van der Waals surface area contributed by atoms with E-state index in [2.05, 4.69) is 0 Å². The van der Waals surface area contributed by atoms with E-state index in [1.54, 1.807) is 6.07 Å². The van der Waals surface area contributed by atoms with Gasteiger partial charge in [0.25, 0.3) is 0 Å². The number of halogens is 1. The molecule has 0 aromatic heterocycles. The van der Waals surface area contributed by atoms with Crippen LogP contribution in [-0.4, -0.2) is 19.3 Å². The van der Waals surface area contributed by atoms with E-state index in [0.29, 0.717) is 19.0 Å². The van der Waals surface area contributed by atoms with Crippen molar-refractivity contribution in [2.75, 3.05) is 18.9 Å². The van der Waals surface area contributed by atoms with Crippen molar-refractivity contribution >= 4 is 5.69 Å². The summed E-state index contributed by atoms with van der Waals surface area (Å²) < 4.78 is 23.2. The lowest BCUT2D eigenvalue weighted by molar-refractivity contribution is -0.0797. The van der Waals surface area contributed by atoms with Crippen LogP contribution in [0.1, 0.15) is 0 Å². The van der Waals surface area contributed by atoms with E-state index in [9.17, 15) is 4.39 Å². The zero-order valence-electron chi connectivity index (χ0n) is 7.00. The van der Waals surface area contributed by atoms with Crippen LogP contribution in [0.3, 0.4) is 0 Å². The summed E-state index contributed by atoms with van der Waals surface area (Å²) >= 11 is 0. The van der Waals surface area contributed by atoms with Crippen LogP contribution < -0.4 is 10.5 Å². The Balaban J connectivity index is 2.07. The van der Waals surface area contributed by atoms with E-state index in [1.807, 2.05) is 0 Å². The fraction of sp³-hybridized carbons (Fsp3) is 0.333. The van der Waals surface area contributed by atoms with Gasteiger partial charge in [-0.15, -0.1) is 0 Å². The topological polar surface area (TPSA) is 44.5 Å². The van der Waals surface area contributed by atoms with Crippen molar-refractivity contribution < 1.29 is 13.9 Å². The molecule has 0 amide bonds. The molecule has 1 aromatic rings. The van der Waals surface area contributed by atoms with Gasteiger partial charge in [-0.3, -0.25) is 0 Å². The van der Waals surface area contributed by atoms with Gasteiger partial charge in [0.2, 0.25) is 0 Å². The minimum absolute atomic E-state index is 0.0584. The zero-order chi connectivity index (χ0) is 9.26. The van der Waals surface area contributed by atoms with Crippen molar-refractivity contribution in [3.63, 3.8) is 0 Å².